The molecule has 0 fully saturated rings. The zero-order valence-electron chi connectivity index (χ0n) is 25.7. The fraction of sp³-hybridized carbons (Fsp3) is 0.0698. The van der Waals surface area contributed by atoms with Gasteiger partial charge < -0.3 is 4.42 Å². The highest BCUT2D eigenvalue weighted by atomic mass is 16.3. The van der Waals surface area contributed by atoms with Crippen LogP contribution in [0.3, 0.4) is 0 Å². The SMILES string of the molecule is CC1(C)c2ccc(-c3ccccc3-c3nc(-c4ccccc4)cc(-c4ccccc4)n3)cc2-c2c1ccc1c2oc2ccccc21. The predicted octanol–water partition coefficient (Wildman–Crippen LogP) is 11.4. The van der Waals surface area contributed by atoms with E-state index in [-0.39, 0.29) is 5.41 Å². The standard InChI is InChI=1S/C43H30N2O/c1-43(2)35-23-21-29(25-34(35)40-36(43)24-22-32-31-18-11-12-20-39(31)46-41(32)40)30-17-9-10-19-33(30)42-44-37(27-13-5-3-6-14-27)26-38(45-42)28-15-7-4-8-16-28/h3-26H,1-2H3. The number of nitrogens with zero attached hydrogens (tertiary/aromatic N) is 2. The third-order valence-corrected chi connectivity index (χ3v) is 9.53. The molecule has 8 aromatic rings. The van der Waals surface area contributed by atoms with Gasteiger partial charge in [0.05, 0.1) is 11.4 Å². The summed E-state index contributed by atoms with van der Waals surface area (Å²) in [5.74, 6) is 0.705. The van der Waals surface area contributed by atoms with Crippen molar-refractivity contribution in [2.45, 2.75) is 19.3 Å². The largest absolute Gasteiger partial charge is 0.455 e. The van der Waals surface area contributed by atoms with Crippen molar-refractivity contribution in [3.05, 3.63) is 157 Å². The van der Waals surface area contributed by atoms with E-state index in [2.05, 4.69) is 141 Å². The molecular formula is C43H30N2O. The minimum absolute atomic E-state index is 0.145. The van der Waals surface area contributed by atoms with Gasteiger partial charge in [-0.2, -0.15) is 0 Å². The Hall–Kier alpha value is -5.80. The maximum absolute atomic E-state index is 6.57. The van der Waals surface area contributed by atoms with Crippen LogP contribution in [0.5, 0.6) is 0 Å². The quantitative estimate of drug-likeness (QED) is 0.205. The molecule has 0 aliphatic heterocycles. The molecule has 0 saturated carbocycles. The molecule has 0 bridgehead atoms. The monoisotopic (exact) mass is 590 g/mol. The average molecular weight is 591 g/mol. The minimum atomic E-state index is -0.145. The molecule has 3 nitrogen and oxygen atoms in total. The number of para-hydroxylation sites is 1. The third kappa shape index (κ3) is 4.05. The lowest BCUT2D eigenvalue weighted by Crippen LogP contribution is -2.14. The molecule has 3 heteroatoms. The highest BCUT2D eigenvalue weighted by Crippen LogP contribution is 2.53. The Morgan fingerprint density at radius 1 is 0.478 bits per heavy atom. The molecule has 0 N–H and O–H groups in total. The van der Waals surface area contributed by atoms with Gasteiger partial charge in [0.15, 0.2) is 5.82 Å². The summed E-state index contributed by atoms with van der Waals surface area (Å²) in [6.07, 6.45) is 0. The van der Waals surface area contributed by atoms with Gasteiger partial charge in [-0.1, -0.05) is 141 Å². The molecule has 1 aliphatic rings. The van der Waals surface area contributed by atoms with Crippen LogP contribution in [-0.2, 0) is 5.41 Å². The molecule has 0 amide bonds. The summed E-state index contributed by atoms with van der Waals surface area (Å²) in [7, 11) is 0. The highest BCUT2D eigenvalue weighted by Gasteiger charge is 2.38. The van der Waals surface area contributed by atoms with E-state index in [1.807, 2.05) is 18.2 Å². The van der Waals surface area contributed by atoms with Crippen LogP contribution in [0.15, 0.2) is 150 Å². The second-order valence-corrected chi connectivity index (χ2v) is 12.6. The lowest BCUT2D eigenvalue weighted by atomic mass is 9.82. The first-order valence-electron chi connectivity index (χ1n) is 15.8. The second kappa shape index (κ2) is 10.1. The van der Waals surface area contributed by atoms with Gasteiger partial charge >= 0.3 is 0 Å². The van der Waals surface area contributed by atoms with Crippen molar-refractivity contribution in [2.24, 2.45) is 0 Å². The summed E-state index contributed by atoms with van der Waals surface area (Å²) < 4.78 is 6.57. The molecule has 46 heavy (non-hydrogen) atoms. The molecule has 2 heterocycles. The van der Waals surface area contributed by atoms with E-state index in [4.69, 9.17) is 14.4 Å². The first-order valence-corrected chi connectivity index (χ1v) is 15.8. The lowest BCUT2D eigenvalue weighted by molar-refractivity contribution is 0.653. The van der Waals surface area contributed by atoms with Crippen LogP contribution in [0, 0.1) is 0 Å². The van der Waals surface area contributed by atoms with Crippen LogP contribution in [-0.4, -0.2) is 9.97 Å². The fourth-order valence-corrected chi connectivity index (χ4v) is 7.20. The van der Waals surface area contributed by atoms with Crippen molar-refractivity contribution >= 4 is 21.9 Å². The van der Waals surface area contributed by atoms with Gasteiger partial charge in [-0.05, 0) is 46.0 Å². The maximum atomic E-state index is 6.57. The van der Waals surface area contributed by atoms with Crippen LogP contribution in [0.2, 0.25) is 0 Å². The molecule has 6 aromatic carbocycles. The van der Waals surface area contributed by atoms with E-state index in [0.717, 1.165) is 61.1 Å². The van der Waals surface area contributed by atoms with Gasteiger partial charge in [0.25, 0.3) is 0 Å². The summed E-state index contributed by atoms with van der Waals surface area (Å²) in [5.41, 5.74) is 13.9. The van der Waals surface area contributed by atoms with E-state index in [9.17, 15) is 0 Å². The summed E-state index contributed by atoms with van der Waals surface area (Å²) in [6, 6.07) is 51.0. The molecule has 0 atom stereocenters. The van der Waals surface area contributed by atoms with Crippen molar-refractivity contribution in [1.82, 2.24) is 9.97 Å². The Bertz CT molecular complexity index is 2380. The van der Waals surface area contributed by atoms with Crippen LogP contribution < -0.4 is 0 Å². The van der Waals surface area contributed by atoms with Crippen molar-refractivity contribution in [1.29, 1.82) is 0 Å². The maximum Gasteiger partial charge on any atom is 0.161 e. The molecule has 2 aromatic heterocycles. The zero-order valence-corrected chi connectivity index (χ0v) is 25.7. The number of aromatic nitrogens is 2. The van der Waals surface area contributed by atoms with Gasteiger partial charge in [0.1, 0.15) is 11.2 Å². The number of rotatable bonds is 4. The molecule has 0 unspecified atom stereocenters. The normalized spacial score (nSPS) is 13.2. The van der Waals surface area contributed by atoms with Crippen molar-refractivity contribution in [3.8, 4) is 56.2 Å². The van der Waals surface area contributed by atoms with Crippen molar-refractivity contribution in [2.75, 3.05) is 0 Å². The first-order chi connectivity index (χ1) is 22.6. The van der Waals surface area contributed by atoms with Gasteiger partial charge in [-0.3, -0.25) is 0 Å². The van der Waals surface area contributed by atoms with E-state index >= 15 is 0 Å². The minimum Gasteiger partial charge on any atom is -0.455 e. The van der Waals surface area contributed by atoms with Gasteiger partial charge in [0.2, 0.25) is 0 Å². The van der Waals surface area contributed by atoms with Gasteiger partial charge in [-0.25, -0.2) is 9.97 Å². The Balaban J connectivity index is 1.25. The number of hydrogen-bond donors (Lipinski definition) is 0. The zero-order chi connectivity index (χ0) is 30.8. The Morgan fingerprint density at radius 3 is 1.80 bits per heavy atom. The van der Waals surface area contributed by atoms with E-state index < -0.39 is 0 Å². The molecule has 9 rings (SSSR count). The Kier molecular flexibility index (Phi) is 5.85. The summed E-state index contributed by atoms with van der Waals surface area (Å²) in [4.78, 5) is 10.3. The summed E-state index contributed by atoms with van der Waals surface area (Å²) in [5, 5.41) is 2.31. The van der Waals surface area contributed by atoms with E-state index in [1.54, 1.807) is 0 Å². The molecule has 218 valence electrons. The van der Waals surface area contributed by atoms with Crippen LogP contribution in [0.25, 0.3) is 78.1 Å². The van der Waals surface area contributed by atoms with E-state index in [0.29, 0.717) is 5.82 Å². The molecular weight excluding hydrogens is 560 g/mol. The lowest BCUT2D eigenvalue weighted by Gasteiger charge is -2.21. The Labute approximate surface area is 267 Å². The van der Waals surface area contributed by atoms with E-state index in [1.165, 1.54) is 22.3 Å². The topological polar surface area (TPSA) is 38.9 Å². The van der Waals surface area contributed by atoms with Gasteiger partial charge in [-0.15, -0.1) is 0 Å². The smallest absolute Gasteiger partial charge is 0.161 e. The molecule has 0 radical (unpaired) electrons. The number of fused-ring (bicyclic) bond motifs is 7. The van der Waals surface area contributed by atoms with Crippen LogP contribution in [0.1, 0.15) is 25.0 Å². The van der Waals surface area contributed by atoms with Gasteiger partial charge in [0, 0.05) is 38.4 Å². The van der Waals surface area contributed by atoms with Crippen LogP contribution in [0.4, 0.5) is 0 Å². The van der Waals surface area contributed by atoms with Crippen LogP contribution >= 0.6 is 0 Å². The third-order valence-electron chi connectivity index (χ3n) is 9.53. The fourth-order valence-electron chi connectivity index (χ4n) is 7.20. The summed E-state index contributed by atoms with van der Waals surface area (Å²) >= 11 is 0. The summed E-state index contributed by atoms with van der Waals surface area (Å²) in [6.45, 7) is 4.63. The average Bonchev–Trinajstić information content (AvgIpc) is 3.60. The number of benzene rings is 6. The molecule has 0 saturated heterocycles. The van der Waals surface area contributed by atoms with Crippen molar-refractivity contribution in [3.63, 3.8) is 0 Å². The van der Waals surface area contributed by atoms with Crippen molar-refractivity contribution < 1.29 is 4.42 Å². The first kappa shape index (κ1) is 26.6. The molecule has 0 spiro atoms. The molecule has 1 aliphatic carbocycles. The number of hydrogen-bond acceptors (Lipinski definition) is 3. The second-order valence-electron chi connectivity index (χ2n) is 12.6. The highest BCUT2D eigenvalue weighted by molar-refractivity contribution is 6.12. The predicted molar refractivity (Wildman–Crippen MR) is 189 cm³/mol. The number of furan rings is 1. The Morgan fingerprint density at radius 2 is 1.09 bits per heavy atom.